The van der Waals surface area contributed by atoms with Crippen molar-refractivity contribution in [2.75, 3.05) is 12.4 Å². The van der Waals surface area contributed by atoms with Crippen LogP contribution in [0.2, 0.25) is 0 Å². The van der Waals surface area contributed by atoms with Crippen molar-refractivity contribution in [2.45, 2.75) is 19.4 Å². The molecular weight excluding hydrogens is 462 g/mol. The molecular formula is C23H19N3O7S. The number of furan rings is 1. The number of hydrogen-bond donors (Lipinski definition) is 1. The van der Waals surface area contributed by atoms with Gasteiger partial charge in [0.1, 0.15) is 11.3 Å². The zero-order valence-electron chi connectivity index (χ0n) is 18.1. The van der Waals surface area contributed by atoms with E-state index in [1.807, 2.05) is 0 Å². The van der Waals surface area contributed by atoms with Gasteiger partial charge < -0.3 is 13.9 Å². The Balaban J connectivity index is 1.36. The standard InChI is InChI=1S/C23H19N3O7S/c1-13(33-21(27)9-15-11-32-20-10-17(31-2)6-7-18(15)20)22(28)25-23-24-19(12-34-23)14-4-3-5-16(8-14)26(29)30/h3-8,10-13H,9H2,1-2H3,(H,24,25,28). The summed E-state index contributed by atoms with van der Waals surface area (Å²) >= 11 is 1.16. The molecule has 1 N–H and O–H groups in total. The summed E-state index contributed by atoms with van der Waals surface area (Å²) in [5, 5.41) is 16.3. The number of thiazole rings is 1. The van der Waals surface area contributed by atoms with E-state index < -0.39 is 22.9 Å². The van der Waals surface area contributed by atoms with Gasteiger partial charge in [0.05, 0.1) is 30.4 Å². The highest BCUT2D eigenvalue weighted by Gasteiger charge is 2.21. The van der Waals surface area contributed by atoms with Crippen molar-refractivity contribution in [2.24, 2.45) is 0 Å². The molecule has 0 bridgehead atoms. The lowest BCUT2D eigenvalue weighted by atomic mass is 10.1. The first kappa shape index (κ1) is 22.9. The van der Waals surface area contributed by atoms with E-state index in [1.54, 1.807) is 42.8 Å². The monoisotopic (exact) mass is 481 g/mol. The number of amides is 1. The first-order chi connectivity index (χ1) is 16.3. The number of hydrogen-bond acceptors (Lipinski definition) is 9. The molecule has 174 valence electrons. The third kappa shape index (κ3) is 5.04. The zero-order chi connectivity index (χ0) is 24.2. The van der Waals surface area contributed by atoms with Gasteiger partial charge in [-0.2, -0.15) is 0 Å². The van der Waals surface area contributed by atoms with E-state index in [1.165, 1.54) is 25.3 Å². The number of non-ortho nitro benzene ring substituents is 1. The van der Waals surface area contributed by atoms with Crippen molar-refractivity contribution in [1.82, 2.24) is 4.98 Å². The number of anilines is 1. The van der Waals surface area contributed by atoms with E-state index in [4.69, 9.17) is 13.9 Å². The number of benzene rings is 2. The van der Waals surface area contributed by atoms with Gasteiger partial charge in [0.25, 0.3) is 11.6 Å². The van der Waals surface area contributed by atoms with Gasteiger partial charge in [0.15, 0.2) is 11.2 Å². The number of nitrogens with one attached hydrogen (secondary N) is 1. The number of carbonyl (C=O) groups excluding carboxylic acids is 2. The topological polar surface area (TPSA) is 134 Å². The smallest absolute Gasteiger partial charge is 0.311 e. The average molecular weight is 481 g/mol. The van der Waals surface area contributed by atoms with Crippen LogP contribution in [0.5, 0.6) is 5.75 Å². The van der Waals surface area contributed by atoms with Gasteiger partial charge in [-0.25, -0.2) is 4.98 Å². The fourth-order valence-corrected chi connectivity index (χ4v) is 3.95. The maximum absolute atomic E-state index is 12.5. The first-order valence-electron chi connectivity index (χ1n) is 10.1. The molecule has 2 heterocycles. The molecule has 1 unspecified atom stereocenters. The van der Waals surface area contributed by atoms with Crippen LogP contribution in [0, 0.1) is 10.1 Å². The lowest BCUT2D eigenvalue weighted by Crippen LogP contribution is -2.30. The Morgan fingerprint density at radius 3 is 2.85 bits per heavy atom. The minimum Gasteiger partial charge on any atom is -0.497 e. The molecule has 4 rings (SSSR count). The SMILES string of the molecule is COc1ccc2c(CC(=O)OC(C)C(=O)Nc3nc(-c4cccc([N+](=O)[O-])c4)cs3)coc2c1. The van der Waals surface area contributed by atoms with Gasteiger partial charge in [0.2, 0.25) is 0 Å². The molecule has 11 heteroatoms. The fraction of sp³-hybridized carbons (Fsp3) is 0.174. The van der Waals surface area contributed by atoms with E-state index in [-0.39, 0.29) is 17.2 Å². The molecule has 1 amide bonds. The number of nitrogens with zero attached hydrogens (tertiary/aromatic N) is 2. The van der Waals surface area contributed by atoms with E-state index >= 15 is 0 Å². The number of nitro groups is 1. The summed E-state index contributed by atoms with van der Waals surface area (Å²) in [6.45, 7) is 1.46. The normalized spacial score (nSPS) is 11.7. The number of methoxy groups -OCH3 is 1. The maximum atomic E-state index is 12.5. The maximum Gasteiger partial charge on any atom is 0.311 e. The van der Waals surface area contributed by atoms with E-state index in [9.17, 15) is 19.7 Å². The second kappa shape index (κ2) is 9.71. The van der Waals surface area contributed by atoms with Crippen LogP contribution in [0.25, 0.3) is 22.2 Å². The Morgan fingerprint density at radius 1 is 1.26 bits per heavy atom. The van der Waals surface area contributed by atoms with Gasteiger partial charge in [-0.15, -0.1) is 11.3 Å². The van der Waals surface area contributed by atoms with Gasteiger partial charge >= 0.3 is 5.97 Å². The molecule has 10 nitrogen and oxygen atoms in total. The van der Waals surface area contributed by atoms with Crippen LogP contribution >= 0.6 is 11.3 Å². The van der Waals surface area contributed by atoms with Crippen LogP contribution in [0.1, 0.15) is 12.5 Å². The summed E-state index contributed by atoms with van der Waals surface area (Å²) < 4.78 is 15.9. The Kier molecular flexibility index (Phi) is 6.55. The Morgan fingerprint density at radius 2 is 2.09 bits per heavy atom. The van der Waals surface area contributed by atoms with E-state index in [0.717, 1.165) is 16.7 Å². The Bertz CT molecular complexity index is 1380. The molecule has 0 radical (unpaired) electrons. The van der Waals surface area contributed by atoms with Crippen LogP contribution in [0.15, 0.2) is 58.5 Å². The molecule has 0 saturated heterocycles. The predicted molar refractivity (Wildman–Crippen MR) is 125 cm³/mol. The molecule has 0 aliphatic carbocycles. The van der Waals surface area contributed by atoms with Crippen molar-refractivity contribution in [3.63, 3.8) is 0 Å². The molecule has 34 heavy (non-hydrogen) atoms. The van der Waals surface area contributed by atoms with Crippen molar-refractivity contribution >= 4 is 45.0 Å². The van der Waals surface area contributed by atoms with Gasteiger partial charge in [-0.1, -0.05) is 12.1 Å². The molecule has 0 spiro atoms. The molecule has 2 aromatic heterocycles. The summed E-state index contributed by atoms with van der Waals surface area (Å²) in [4.78, 5) is 39.6. The Hall–Kier alpha value is -4.25. The quantitative estimate of drug-likeness (QED) is 0.219. The van der Waals surface area contributed by atoms with Gasteiger partial charge in [0, 0.05) is 40.1 Å². The summed E-state index contributed by atoms with van der Waals surface area (Å²) in [5.41, 5.74) is 2.20. The summed E-state index contributed by atoms with van der Waals surface area (Å²) in [6.07, 6.45) is 0.350. The minimum absolute atomic E-state index is 0.0545. The predicted octanol–water partition coefficient (Wildman–Crippen LogP) is 4.59. The van der Waals surface area contributed by atoms with Gasteiger partial charge in [-0.3, -0.25) is 25.0 Å². The number of rotatable bonds is 8. The fourth-order valence-electron chi connectivity index (χ4n) is 3.22. The molecule has 1 atom stereocenters. The van der Waals surface area contributed by atoms with Crippen LogP contribution in [0.3, 0.4) is 0 Å². The molecule has 0 aliphatic heterocycles. The van der Waals surface area contributed by atoms with E-state index in [2.05, 4.69) is 10.3 Å². The lowest BCUT2D eigenvalue weighted by molar-refractivity contribution is -0.384. The number of fused-ring (bicyclic) bond motifs is 1. The second-order valence-corrected chi connectivity index (χ2v) is 8.12. The minimum atomic E-state index is -1.06. The zero-order valence-corrected chi connectivity index (χ0v) is 19.0. The summed E-state index contributed by atoms with van der Waals surface area (Å²) in [5.74, 6) is -0.496. The lowest BCUT2D eigenvalue weighted by Gasteiger charge is -2.12. The van der Waals surface area contributed by atoms with Crippen molar-refractivity contribution in [3.05, 3.63) is 69.8 Å². The van der Waals surface area contributed by atoms with Crippen LogP contribution in [-0.2, 0) is 20.7 Å². The largest absolute Gasteiger partial charge is 0.497 e. The molecule has 0 saturated carbocycles. The highest BCUT2D eigenvalue weighted by molar-refractivity contribution is 7.14. The van der Waals surface area contributed by atoms with Crippen LogP contribution in [0.4, 0.5) is 10.8 Å². The number of carbonyl (C=O) groups is 2. The van der Waals surface area contributed by atoms with Crippen molar-refractivity contribution in [3.8, 4) is 17.0 Å². The van der Waals surface area contributed by atoms with Crippen LogP contribution < -0.4 is 10.1 Å². The summed E-state index contributed by atoms with van der Waals surface area (Å²) in [7, 11) is 1.55. The summed E-state index contributed by atoms with van der Waals surface area (Å²) in [6, 6.07) is 11.3. The number of aromatic nitrogens is 1. The molecule has 4 aromatic rings. The average Bonchev–Trinajstić information content (AvgIpc) is 3.45. The number of esters is 1. The second-order valence-electron chi connectivity index (χ2n) is 7.27. The highest BCUT2D eigenvalue weighted by atomic mass is 32.1. The number of ether oxygens (including phenoxy) is 2. The number of nitro benzene ring substituents is 1. The first-order valence-corrected chi connectivity index (χ1v) is 11.0. The molecule has 0 aliphatic rings. The third-order valence-corrected chi connectivity index (χ3v) is 5.72. The van der Waals surface area contributed by atoms with Gasteiger partial charge in [-0.05, 0) is 19.1 Å². The molecule has 2 aromatic carbocycles. The van der Waals surface area contributed by atoms with Crippen molar-refractivity contribution in [1.29, 1.82) is 0 Å². The van der Waals surface area contributed by atoms with Crippen molar-refractivity contribution < 1.29 is 28.4 Å². The highest BCUT2D eigenvalue weighted by Crippen LogP contribution is 2.28. The third-order valence-electron chi connectivity index (χ3n) is 4.96. The Labute approximate surface area is 197 Å². The molecule has 0 fully saturated rings. The van der Waals surface area contributed by atoms with E-state index in [0.29, 0.717) is 28.2 Å². The van der Waals surface area contributed by atoms with Crippen LogP contribution in [-0.4, -0.2) is 35.0 Å².